The molecule has 172 valence electrons. The van der Waals surface area contributed by atoms with Crippen molar-refractivity contribution in [3.8, 4) is 11.3 Å². The maximum absolute atomic E-state index is 12.8. The maximum atomic E-state index is 12.8. The number of piperidine rings is 1. The van der Waals surface area contributed by atoms with Gasteiger partial charge in [-0.15, -0.1) is 0 Å². The van der Waals surface area contributed by atoms with Gasteiger partial charge in [-0.05, 0) is 58.6 Å². The first-order valence-electron chi connectivity index (χ1n) is 11.1. The molecule has 6 nitrogen and oxygen atoms in total. The topological polar surface area (TPSA) is 62.5 Å². The number of likely N-dealkylation sites (tertiary alicyclic amines) is 1. The van der Waals surface area contributed by atoms with E-state index in [0.717, 1.165) is 45.6 Å². The molecule has 34 heavy (non-hydrogen) atoms. The molecular formula is C26H23BrClN5O. The summed E-state index contributed by atoms with van der Waals surface area (Å²) in [6, 6.07) is 17.4. The van der Waals surface area contributed by atoms with Crippen molar-refractivity contribution in [3.05, 3.63) is 88.0 Å². The van der Waals surface area contributed by atoms with E-state index in [9.17, 15) is 4.79 Å². The Bertz CT molecular complexity index is 1360. The molecule has 1 aliphatic heterocycles. The minimum absolute atomic E-state index is 0.0424. The Balaban J connectivity index is 1.37. The Morgan fingerprint density at radius 3 is 2.62 bits per heavy atom. The zero-order chi connectivity index (χ0) is 23.7. The number of anilines is 1. The fourth-order valence-electron chi connectivity index (χ4n) is 4.30. The first-order valence-corrected chi connectivity index (χ1v) is 12.3. The van der Waals surface area contributed by atoms with Crippen molar-refractivity contribution >= 4 is 51.0 Å². The molecule has 0 unspecified atom stereocenters. The van der Waals surface area contributed by atoms with Gasteiger partial charge in [0.05, 0.1) is 16.4 Å². The summed E-state index contributed by atoms with van der Waals surface area (Å²) in [6.07, 6.45) is 5.27. The second-order valence-corrected chi connectivity index (χ2v) is 9.55. The van der Waals surface area contributed by atoms with Gasteiger partial charge in [0.15, 0.2) is 5.65 Å². The Morgan fingerprint density at radius 1 is 1.15 bits per heavy atom. The number of rotatable bonds is 5. The molecule has 0 atom stereocenters. The van der Waals surface area contributed by atoms with Gasteiger partial charge in [0.2, 0.25) is 0 Å². The van der Waals surface area contributed by atoms with Gasteiger partial charge in [-0.3, -0.25) is 4.79 Å². The van der Waals surface area contributed by atoms with Crippen molar-refractivity contribution in [2.45, 2.75) is 18.9 Å². The number of nitrogens with one attached hydrogen (secondary N) is 1. The number of amides is 1. The van der Waals surface area contributed by atoms with E-state index in [4.69, 9.17) is 16.6 Å². The van der Waals surface area contributed by atoms with Crippen LogP contribution in [-0.4, -0.2) is 44.5 Å². The van der Waals surface area contributed by atoms with Crippen LogP contribution >= 0.6 is 27.5 Å². The molecule has 5 rings (SSSR count). The van der Waals surface area contributed by atoms with Crippen LogP contribution < -0.4 is 5.32 Å². The van der Waals surface area contributed by atoms with E-state index in [-0.39, 0.29) is 11.9 Å². The van der Waals surface area contributed by atoms with Gasteiger partial charge in [0, 0.05) is 41.3 Å². The highest BCUT2D eigenvalue weighted by atomic mass is 79.9. The largest absolute Gasteiger partial charge is 0.367 e. The number of hydrogen-bond acceptors (Lipinski definition) is 4. The zero-order valence-electron chi connectivity index (χ0n) is 18.4. The summed E-state index contributed by atoms with van der Waals surface area (Å²) in [5, 5.41) is 8.78. The number of halogens is 2. The van der Waals surface area contributed by atoms with Gasteiger partial charge in [-0.2, -0.15) is 9.61 Å². The summed E-state index contributed by atoms with van der Waals surface area (Å²) in [5.74, 6) is 0.910. The average Bonchev–Trinajstić information content (AvgIpc) is 3.25. The Labute approximate surface area is 211 Å². The molecule has 4 aromatic rings. The third kappa shape index (κ3) is 4.45. The van der Waals surface area contributed by atoms with Gasteiger partial charge in [0.1, 0.15) is 5.82 Å². The SMILES string of the molecule is C=Cc1ccccc1-c1cc(NC2CCN(C(=O)c3ccc(Cl)cc3)CC2)n2ncc(Br)c2n1. The molecule has 1 amide bonds. The van der Waals surface area contributed by atoms with Crippen LogP contribution in [0.25, 0.3) is 23.0 Å². The molecule has 8 heteroatoms. The number of benzene rings is 2. The summed E-state index contributed by atoms with van der Waals surface area (Å²) in [4.78, 5) is 19.6. The van der Waals surface area contributed by atoms with Crippen LogP contribution in [-0.2, 0) is 0 Å². The van der Waals surface area contributed by atoms with Crippen molar-refractivity contribution in [2.75, 3.05) is 18.4 Å². The predicted octanol–water partition coefficient (Wildman–Crippen LogP) is 6.17. The van der Waals surface area contributed by atoms with E-state index in [1.54, 1.807) is 30.5 Å². The molecule has 1 aliphatic rings. The van der Waals surface area contributed by atoms with Crippen molar-refractivity contribution in [2.24, 2.45) is 0 Å². The first-order chi connectivity index (χ1) is 16.5. The van der Waals surface area contributed by atoms with E-state index in [1.165, 1.54) is 0 Å². The first kappa shape index (κ1) is 22.6. The molecule has 1 saturated heterocycles. The molecule has 0 bridgehead atoms. The van der Waals surface area contributed by atoms with Crippen LogP contribution in [0.4, 0.5) is 5.82 Å². The van der Waals surface area contributed by atoms with Gasteiger partial charge in [-0.1, -0.05) is 48.5 Å². The summed E-state index contributed by atoms with van der Waals surface area (Å²) >= 11 is 9.53. The van der Waals surface area contributed by atoms with Crippen LogP contribution in [0.15, 0.2) is 71.8 Å². The number of nitrogens with zero attached hydrogens (tertiary/aromatic N) is 4. The monoisotopic (exact) mass is 535 g/mol. The molecular weight excluding hydrogens is 514 g/mol. The Morgan fingerprint density at radius 2 is 1.88 bits per heavy atom. The van der Waals surface area contributed by atoms with Gasteiger partial charge in [-0.25, -0.2) is 4.98 Å². The summed E-state index contributed by atoms with van der Waals surface area (Å²) < 4.78 is 2.65. The summed E-state index contributed by atoms with van der Waals surface area (Å²) in [6.45, 7) is 5.31. The molecule has 0 spiro atoms. The molecule has 0 aliphatic carbocycles. The number of fused-ring (bicyclic) bond motifs is 1. The fraction of sp³-hybridized carbons (Fsp3) is 0.192. The standard InChI is InChI=1S/C26H23BrClN5O/c1-2-17-5-3-4-6-21(17)23-15-24(33-25(31-23)22(27)16-29-33)30-20-11-13-32(14-12-20)26(34)18-7-9-19(28)10-8-18/h2-10,15-16,20,30H,1,11-14H2. The molecule has 2 aromatic carbocycles. The molecule has 1 fully saturated rings. The highest BCUT2D eigenvalue weighted by Gasteiger charge is 2.25. The molecule has 0 saturated carbocycles. The van der Waals surface area contributed by atoms with E-state index in [0.29, 0.717) is 23.7 Å². The lowest BCUT2D eigenvalue weighted by Gasteiger charge is -2.33. The fourth-order valence-corrected chi connectivity index (χ4v) is 4.77. The van der Waals surface area contributed by atoms with E-state index >= 15 is 0 Å². The lowest BCUT2D eigenvalue weighted by atomic mass is 10.0. The van der Waals surface area contributed by atoms with Gasteiger partial charge in [0.25, 0.3) is 5.91 Å². The van der Waals surface area contributed by atoms with Crippen molar-refractivity contribution in [3.63, 3.8) is 0 Å². The Hall–Kier alpha value is -3.16. The summed E-state index contributed by atoms with van der Waals surface area (Å²) in [7, 11) is 0. The minimum atomic E-state index is 0.0424. The zero-order valence-corrected chi connectivity index (χ0v) is 20.8. The highest BCUT2D eigenvalue weighted by molar-refractivity contribution is 9.10. The van der Waals surface area contributed by atoms with E-state index in [1.807, 2.05) is 45.8 Å². The van der Waals surface area contributed by atoms with Gasteiger partial charge < -0.3 is 10.2 Å². The molecule has 1 N–H and O–H groups in total. The third-order valence-corrected chi connectivity index (χ3v) is 6.92. The number of carbonyl (C=O) groups excluding carboxylic acids is 1. The quantitative estimate of drug-likeness (QED) is 0.331. The lowest BCUT2D eigenvalue weighted by molar-refractivity contribution is 0.0718. The van der Waals surface area contributed by atoms with Crippen molar-refractivity contribution in [1.82, 2.24) is 19.5 Å². The smallest absolute Gasteiger partial charge is 0.253 e. The molecule has 0 radical (unpaired) electrons. The van der Waals surface area contributed by atoms with Crippen molar-refractivity contribution < 1.29 is 4.79 Å². The normalized spacial score (nSPS) is 14.4. The van der Waals surface area contributed by atoms with Gasteiger partial charge >= 0.3 is 0 Å². The average molecular weight is 537 g/mol. The van der Waals surface area contributed by atoms with Crippen molar-refractivity contribution in [1.29, 1.82) is 0 Å². The second kappa shape index (κ2) is 9.60. The third-order valence-electron chi connectivity index (χ3n) is 6.11. The van der Waals surface area contributed by atoms with E-state index in [2.05, 4.69) is 32.9 Å². The number of hydrogen-bond donors (Lipinski definition) is 1. The van der Waals surface area contributed by atoms with Crippen LogP contribution in [0.3, 0.4) is 0 Å². The van der Waals surface area contributed by atoms with Crippen LogP contribution in [0.5, 0.6) is 0 Å². The highest BCUT2D eigenvalue weighted by Crippen LogP contribution is 2.29. The summed E-state index contributed by atoms with van der Waals surface area (Å²) in [5.41, 5.74) is 4.30. The molecule has 3 heterocycles. The van der Waals surface area contributed by atoms with Crippen LogP contribution in [0, 0.1) is 0 Å². The predicted molar refractivity (Wildman–Crippen MR) is 140 cm³/mol. The van der Waals surface area contributed by atoms with Crippen LogP contribution in [0.1, 0.15) is 28.8 Å². The number of aromatic nitrogens is 3. The molecule has 2 aromatic heterocycles. The maximum Gasteiger partial charge on any atom is 0.253 e. The lowest BCUT2D eigenvalue weighted by Crippen LogP contribution is -2.42. The van der Waals surface area contributed by atoms with E-state index < -0.39 is 0 Å². The Kier molecular flexibility index (Phi) is 6.39. The number of carbonyl (C=O) groups is 1. The van der Waals surface area contributed by atoms with Crippen LogP contribution in [0.2, 0.25) is 5.02 Å². The minimum Gasteiger partial charge on any atom is -0.367 e. The second-order valence-electron chi connectivity index (χ2n) is 8.26.